The Labute approximate surface area is 129 Å². The number of carbonyl (C=O) groups excluding carboxylic acids is 1. The van der Waals surface area contributed by atoms with Crippen molar-refractivity contribution >= 4 is 17.2 Å². The number of aliphatic hydroxyl groups excluding tert-OH is 1. The van der Waals surface area contributed by atoms with Gasteiger partial charge in [0.25, 0.3) is 5.91 Å². The predicted octanol–water partition coefficient (Wildman–Crippen LogP) is 2.03. The number of hydrogen-bond donors (Lipinski definition) is 2. The summed E-state index contributed by atoms with van der Waals surface area (Å²) < 4.78 is 5.35. The molecule has 2 rings (SSSR count). The van der Waals surface area contributed by atoms with Gasteiger partial charge in [0.2, 0.25) is 0 Å². The molecule has 0 aliphatic carbocycles. The first-order valence-electron chi connectivity index (χ1n) is 7.28. The summed E-state index contributed by atoms with van der Waals surface area (Å²) in [6.45, 7) is 3.65. The summed E-state index contributed by atoms with van der Waals surface area (Å²) in [4.78, 5) is 13.0. The molecule has 1 aliphatic rings. The first-order valence-corrected chi connectivity index (χ1v) is 8.16. The maximum absolute atomic E-state index is 12.4. The smallest absolute Gasteiger partial charge is 0.262 e. The van der Waals surface area contributed by atoms with Crippen LogP contribution in [0, 0.1) is 17.8 Å². The highest BCUT2D eigenvalue weighted by molar-refractivity contribution is 7.12. The van der Waals surface area contributed by atoms with E-state index in [2.05, 4.69) is 24.1 Å². The van der Waals surface area contributed by atoms with E-state index in [0.29, 0.717) is 17.2 Å². The first kappa shape index (κ1) is 16.0. The Kier molecular flexibility index (Phi) is 6.24. The molecule has 21 heavy (non-hydrogen) atoms. The van der Waals surface area contributed by atoms with Crippen molar-refractivity contribution in [3.05, 3.63) is 21.9 Å². The molecule has 4 nitrogen and oxygen atoms in total. The molecule has 114 valence electrons. The van der Waals surface area contributed by atoms with Crippen molar-refractivity contribution in [1.29, 1.82) is 0 Å². The van der Waals surface area contributed by atoms with E-state index < -0.39 is 0 Å². The molecular weight excluding hydrogens is 286 g/mol. The van der Waals surface area contributed by atoms with E-state index in [0.717, 1.165) is 31.6 Å². The van der Waals surface area contributed by atoms with Gasteiger partial charge >= 0.3 is 0 Å². The van der Waals surface area contributed by atoms with Gasteiger partial charge in [0.1, 0.15) is 4.88 Å². The molecular formula is C16H21NO3S. The summed E-state index contributed by atoms with van der Waals surface area (Å²) in [5, 5.41) is 13.7. The number of amides is 1. The molecule has 0 radical (unpaired) electrons. The minimum absolute atomic E-state index is 0.0411. The van der Waals surface area contributed by atoms with Crippen LogP contribution < -0.4 is 5.32 Å². The molecule has 1 aromatic rings. The minimum atomic E-state index is -0.0581. The van der Waals surface area contributed by atoms with Crippen LogP contribution >= 0.6 is 11.3 Å². The fourth-order valence-electron chi connectivity index (χ4n) is 2.40. The van der Waals surface area contributed by atoms with E-state index in [1.54, 1.807) is 0 Å². The quantitative estimate of drug-likeness (QED) is 0.837. The Balaban J connectivity index is 1.97. The maximum Gasteiger partial charge on any atom is 0.262 e. The van der Waals surface area contributed by atoms with Crippen molar-refractivity contribution in [2.24, 2.45) is 5.92 Å². The third kappa shape index (κ3) is 4.57. The third-order valence-corrected chi connectivity index (χ3v) is 4.58. The van der Waals surface area contributed by atoms with E-state index in [1.165, 1.54) is 11.3 Å². The second-order valence-corrected chi connectivity index (χ2v) is 6.07. The highest BCUT2D eigenvalue weighted by atomic mass is 32.1. The zero-order valence-corrected chi connectivity index (χ0v) is 13.0. The van der Waals surface area contributed by atoms with Crippen LogP contribution in [-0.2, 0) is 4.74 Å². The molecule has 2 heterocycles. The number of nitrogens with one attached hydrogen (secondary N) is 1. The molecule has 1 fully saturated rings. The lowest BCUT2D eigenvalue weighted by Crippen LogP contribution is -2.40. The second-order valence-electron chi connectivity index (χ2n) is 5.15. The van der Waals surface area contributed by atoms with Crippen LogP contribution in [0.15, 0.2) is 11.4 Å². The standard InChI is InChI=1S/C16H21NO3S/c1-12(13-5-9-20-10-6-13)17-16(19)15-14(7-11-21-15)4-2-3-8-18/h7,11-13,18H,3,5-6,8-10H2,1H3,(H,17,19). The Morgan fingerprint density at radius 1 is 1.57 bits per heavy atom. The van der Waals surface area contributed by atoms with Gasteiger partial charge in [-0.15, -0.1) is 11.3 Å². The number of aliphatic hydroxyl groups is 1. The van der Waals surface area contributed by atoms with Gasteiger partial charge in [-0.3, -0.25) is 4.79 Å². The molecule has 0 saturated carbocycles. The summed E-state index contributed by atoms with van der Waals surface area (Å²) in [5.74, 6) is 6.23. The third-order valence-electron chi connectivity index (χ3n) is 3.66. The van der Waals surface area contributed by atoms with Crippen LogP contribution in [0.5, 0.6) is 0 Å². The molecule has 1 saturated heterocycles. The van der Waals surface area contributed by atoms with Gasteiger partial charge in [-0.1, -0.05) is 11.8 Å². The molecule has 1 amide bonds. The molecule has 1 atom stereocenters. The maximum atomic E-state index is 12.4. The largest absolute Gasteiger partial charge is 0.395 e. The number of ether oxygens (including phenoxy) is 1. The topological polar surface area (TPSA) is 58.6 Å². The number of thiophene rings is 1. The lowest BCUT2D eigenvalue weighted by molar-refractivity contribution is 0.0539. The van der Waals surface area contributed by atoms with Crippen molar-refractivity contribution in [3.63, 3.8) is 0 Å². The lowest BCUT2D eigenvalue weighted by atomic mass is 9.93. The van der Waals surface area contributed by atoms with Crippen molar-refractivity contribution in [2.45, 2.75) is 32.2 Å². The van der Waals surface area contributed by atoms with Gasteiger partial charge in [-0.05, 0) is 37.1 Å². The monoisotopic (exact) mass is 307 g/mol. The van der Waals surface area contributed by atoms with Crippen LogP contribution in [0.3, 0.4) is 0 Å². The van der Waals surface area contributed by atoms with Gasteiger partial charge in [0.15, 0.2) is 0 Å². The van der Waals surface area contributed by atoms with Crippen molar-refractivity contribution < 1.29 is 14.6 Å². The van der Waals surface area contributed by atoms with E-state index in [-0.39, 0.29) is 18.6 Å². The zero-order valence-electron chi connectivity index (χ0n) is 12.2. The normalized spacial score (nSPS) is 16.9. The second kappa shape index (κ2) is 8.18. The number of hydrogen-bond acceptors (Lipinski definition) is 4. The van der Waals surface area contributed by atoms with Crippen LogP contribution in [0.2, 0.25) is 0 Å². The van der Waals surface area contributed by atoms with E-state index in [4.69, 9.17) is 9.84 Å². The van der Waals surface area contributed by atoms with Crippen LogP contribution in [-0.4, -0.2) is 36.9 Å². The number of carbonyl (C=O) groups is 1. The van der Waals surface area contributed by atoms with E-state index in [9.17, 15) is 4.79 Å². The molecule has 1 unspecified atom stereocenters. The summed E-state index contributed by atoms with van der Waals surface area (Å²) in [6, 6.07) is 1.99. The van der Waals surface area contributed by atoms with Crippen LogP contribution in [0.25, 0.3) is 0 Å². The zero-order chi connectivity index (χ0) is 15.1. The fourth-order valence-corrected chi connectivity index (χ4v) is 3.16. The fraction of sp³-hybridized carbons (Fsp3) is 0.562. The Bertz CT molecular complexity index is 523. The summed E-state index contributed by atoms with van der Waals surface area (Å²) >= 11 is 1.40. The first-order chi connectivity index (χ1) is 10.2. The minimum Gasteiger partial charge on any atom is -0.395 e. The van der Waals surface area contributed by atoms with Gasteiger partial charge < -0.3 is 15.2 Å². The molecule has 0 aromatic carbocycles. The lowest BCUT2D eigenvalue weighted by Gasteiger charge is -2.28. The van der Waals surface area contributed by atoms with Crippen molar-refractivity contribution in [2.75, 3.05) is 19.8 Å². The molecule has 5 heteroatoms. The molecule has 0 bridgehead atoms. The van der Waals surface area contributed by atoms with Crippen LogP contribution in [0.4, 0.5) is 0 Å². The predicted molar refractivity (Wildman–Crippen MR) is 83.4 cm³/mol. The number of rotatable bonds is 4. The van der Waals surface area contributed by atoms with Gasteiger partial charge in [-0.2, -0.15) is 0 Å². The van der Waals surface area contributed by atoms with Gasteiger partial charge in [0.05, 0.1) is 6.61 Å². The Hall–Kier alpha value is -1.35. The van der Waals surface area contributed by atoms with Crippen molar-refractivity contribution in [1.82, 2.24) is 5.32 Å². The highest BCUT2D eigenvalue weighted by Gasteiger charge is 2.23. The van der Waals surface area contributed by atoms with Crippen molar-refractivity contribution in [3.8, 4) is 11.8 Å². The van der Waals surface area contributed by atoms with E-state index in [1.807, 2.05) is 11.4 Å². The highest BCUT2D eigenvalue weighted by Crippen LogP contribution is 2.20. The average molecular weight is 307 g/mol. The molecule has 2 N–H and O–H groups in total. The molecule has 0 spiro atoms. The average Bonchev–Trinajstić information content (AvgIpc) is 2.97. The van der Waals surface area contributed by atoms with Gasteiger partial charge in [-0.25, -0.2) is 0 Å². The van der Waals surface area contributed by atoms with Crippen LogP contribution in [0.1, 0.15) is 41.4 Å². The summed E-state index contributed by atoms with van der Waals surface area (Å²) in [6.07, 6.45) is 2.42. The Morgan fingerprint density at radius 2 is 2.33 bits per heavy atom. The summed E-state index contributed by atoms with van der Waals surface area (Å²) in [7, 11) is 0. The molecule has 1 aliphatic heterocycles. The molecule has 1 aromatic heterocycles. The van der Waals surface area contributed by atoms with Gasteiger partial charge in [0, 0.05) is 31.2 Å². The Morgan fingerprint density at radius 3 is 3.05 bits per heavy atom. The van der Waals surface area contributed by atoms with E-state index >= 15 is 0 Å². The summed E-state index contributed by atoms with van der Waals surface area (Å²) in [5.41, 5.74) is 0.741. The SMILES string of the molecule is CC(NC(=O)c1sccc1C#CCCO)C1CCOCC1.